The molecule has 0 spiro atoms. The molecule has 0 aliphatic heterocycles. The highest BCUT2D eigenvalue weighted by Crippen LogP contribution is 2.45. The molecule has 3 aromatic carbocycles. The monoisotopic (exact) mass is 668 g/mol. The van der Waals surface area contributed by atoms with Crippen LogP contribution in [0.5, 0.6) is 0 Å². The number of carboxylic acid groups (broad SMARTS) is 1. The van der Waals surface area contributed by atoms with Crippen molar-refractivity contribution in [3.8, 4) is 22.4 Å². The normalized spacial score (nSPS) is 13.0. The van der Waals surface area contributed by atoms with Gasteiger partial charge in [-0.3, -0.25) is 9.52 Å². The summed E-state index contributed by atoms with van der Waals surface area (Å²) in [4.78, 5) is 22.3. The van der Waals surface area contributed by atoms with E-state index >= 15 is 0 Å². The molecule has 10 nitrogen and oxygen atoms in total. The number of nitrogens with two attached hydrogens (primary N) is 1. The zero-order chi connectivity index (χ0) is 34.5. The van der Waals surface area contributed by atoms with Crippen molar-refractivity contribution < 1.29 is 42.1 Å². The van der Waals surface area contributed by atoms with Crippen molar-refractivity contribution in [3.05, 3.63) is 95.7 Å². The van der Waals surface area contributed by atoms with Crippen LogP contribution >= 0.6 is 0 Å². The first-order valence-electron chi connectivity index (χ1n) is 14.9. The summed E-state index contributed by atoms with van der Waals surface area (Å²) >= 11 is 0. The van der Waals surface area contributed by atoms with E-state index in [0.717, 1.165) is 0 Å². The lowest BCUT2D eigenvalue weighted by Gasteiger charge is -2.20. The number of halogens is 2. The van der Waals surface area contributed by atoms with Crippen LogP contribution in [0.15, 0.2) is 77.7 Å². The molecular formula is C34H36F2N3O7S-. The third-order valence-corrected chi connectivity index (χ3v) is 8.97. The lowest BCUT2D eigenvalue weighted by Crippen LogP contribution is -2.29. The van der Waals surface area contributed by atoms with Gasteiger partial charge in [-0.1, -0.05) is 38.1 Å². The number of carbonyl (C=O) groups is 2. The molecule has 1 heterocycles. The van der Waals surface area contributed by atoms with E-state index in [4.69, 9.17) is 5.73 Å². The van der Waals surface area contributed by atoms with E-state index in [2.05, 4.69) is 4.72 Å². The number of carbonyl (C=O) groups excluding carboxylic acids is 2. The molecule has 0 fully saturated rings. The number of aromatic nitrogens is 1. The van der Waals surface area contributed by atoms with Crippen LogP contribution in [0.1, 0.15) is 50.3 Å². The van der Waals surface area contributed by atoms with E-state index in [-0.39, 0.29) is 42.0 Å². The third kappa shape index (κ3) is 8.82. The maximum absolute atomic E-state index is 14.5. The third-order valence-electron chi connectivity index (χ3n) is 7.51. The van der Waals surface area contributed by atoms with Gasteiger partial charge in [-0.25, -0.2) is 17.2 Å². The molecule has 0 aliphatic rings. The molecule has 0 unspecified atom stereocenters. The number of aliphatic hydroxyl groups excluding tert-OH is 2. The SMILES string of the molecule is CC(C)c1c(S(=O)(=O)Nc2cccc(CC(N)=O)c2)c(-c2ccc(F)cc2)c(-c2ccc(F)cc2)n1CC[C@@H](O)C[C@@H](O)CC(=O)[O-]. The molecule has 0 radical (unpaired) electrons. The van der Waals surface area contributed by atoms with Crippen LogP contribution in [0.3, 0.4) is 0 Å². The quantitative estimate of drug-likeness (QED) is 0.149. The molecule has 0 bridgehead atoms. The predicted octanol–water partition coefficient (Wildman–Crippen LogP) is 3.69. The van der Waals surface area contributed by atoms with Gasteiger partial charge in [0.1, 0.15) is 16.5 Å². The predicted molar refractivity (Wildman–Crippen MR) is 170 cm³/mol. The first-order chi connectivity index (χ1) is 22.2. The van der Waals surface area contributed by atoms with Gasteiger partial charge in [0.2, 0.25) is 5.91 Å². The summed E-state index contributed by atoms with van der Waals surface area (Å²) in [6.45, 7) is 3.57. The van der Waals surface area contributed by atoms with Crippen molar-refractivity contribution in [1.29, 1.82) is 0 Å². The molecule has 5 N–H and O–H groups in total. The van der Waals surface area contributed by atoms with Crippen LogP contribution in [0.4, 0.5) is 14.5 Å². The van der Waals surface area contributed by atoms with Crippen molar-refractivity contribution in [1.82, 2.24) is 4.57 Å². The molecule has 1 aromatic heterocycles. The van der Waals surface area contributed by atoms with E-state index in [9.17, 15) is 42.1 Å². The molecule has 2 atom stereocenters. The van der Waals surface area contributed by atoms with E-state index < -0.39 is 58.1 Å². The number of sulfonamides is 1. The molecule has 4 aromatic rings. The second-order valence-electron chi connectivity index (χ2n) is 11.6. The van der Waals surface area contributed by atoms with Gasteiger partial charge in [-0.2, -0.15) is 0 Å². The maximum Gasteiger partial charge on any atom is 0.264 e. The highest BCUT2D eigenvalue weighted by Gasteiger charge is 2.34. The molecule has 0 aliphatic carbocycles. The first-order valence-corrected chi connectivity index (χ1v) is 16.4. The number of amides is 1. The number of carboxylic acids is 1. The second-order valence-corrected chi connectivity index (χ2v) is 13.2. The number of nitrogens with one attached hydrogen (secondary N) is 1. The summed E-state index contributed by atoms with van der Waals surface area (Å²) in [7, 11) is -4.44. The number of nitrogens with zero attached hydrogens (tertiary/aromatic N) is 1. The van der Waals surface area contributed by atoms with E-state index in [1.54, 1.807) is 30.5 Å². The summed E-state index contributed by atoms with van der Waals surface area (Å²) in [5.41, 5.74) is 7.64. The number of aliphatic carboxylic acids is 1. The van der Waals surface area contributed by atoms with Crippen LogP contribution in [0.2, 0.25) is 0 Å². The summed E-state index contributed by atoms with van der Waals surface area (Å²) in [5, 5.41) is 31.7. The van der Waals surface area contributed by atoms with E-state index in [1.807, 2.05) is 0 Å². The molecule has 250 valence electrons. The van der Waals surface area contributed by atoms with Gasteiger partial charge in [0.05, 0.1) is 24.3 Å². The molecule has 0 saturated heterocycles. The Hall–Kier alpha value is -4.59. The number of aliphatic hydroxyl groups is 2. The van der Waals surface area contributed by atoms with Gasteiger partial charge in [-0.15, -0.1) is 0 Å². The van der Waals surface area contributed by atoms with Crippen molar-refractivity contribution in [2.45, 2.75) is 69.1 Å². The number of hydrogen-bond donors (Lipinski definition) is 4. The maximum atomic E-state index is 14.5. The Balaban J connectivity index is 1.96. The van der Waals surface area contributed by atoms with Gasteiger partial charge in [-0.05, 0) is 84.0 Å². The molecule has 13 heteroatoms. The van der Waals surface area contributed by atoms with Crippen LogP contribution in [-0.2, 0) is 32.6 Å². The average Bonchev–Trinajstić information content (AvgIpc) is 3.32. The number of benzene rings is 3. The number of rotatable bonds is 15. The van der Waals surface area contributed by atoms with Crippen molar-refractivity contribution in [3.63, 3.8) is 0 Å². The Morgan fingerprint density at radius 1 is 0.936 bits per heavy atom. The smallest absolute Gasteiger partial charge is 0.264 e. The number of primary amides is 1. The Bertz CT molecular complexity index is 1840. The fraction of sp³-hybridized carbons (Fsp3) is 0.294. The Labute approximate surface area is 271 Å². The topological polar surface area (TPSA) is 175 Å². The Morgan fingerprint density at radius 3 is 2.09 bits per heavy atom. The van der Waals surface area contributed by atoms with Gasteiger partial charge in [0.15, 0.2) is 0 Å². The fourth-order valence-corrected chi connectivity index (χ4v) is 7.27. The molecule has 0 saturated carbocycles. The van der Waals surface area contributed by atoms with Gasteiger partial charge in [0.25, 0.3) is 10.0 Å². The van der Waals surface area contributed by atoms with Crippen molar-refractivity contribution >= 4 is 27.6 Å². The van der Waals surface area contributed by atoms with Crippen LogP contribution in [0, 0.1) is 11.6 Å². The minimum atomic E-state index is -4.44. The van der Waals surface area contributed by atoms with Crippen LogP contribution < -0.4 is 15.6 Å². The summed E-state index contributed by atoms with van der Waals surface area (Å²) in [6, 6.07) is 16.9. The number of anilines is 1. The standard InChI is InChI=1S/C34H37F2N3O7S/c1-20(2)32-34(47(45,46)38-26-5-3-4-21(16-26)17-29(37)42)31(22-6-10-24(35)11-7-22)33(23-8-12-25(36)13-9-23)39(32)15-14-27(40)18-28(41)19-30(43)44/h3-13,16,20,27-28,38,40-41H,14-15,17-19H2,1-2H3,(H2,37,42)(H,43,44)/p-1/t27-,28-/m1/s1. The molecule has 4 rings (SSSR count). The first kappa shape index (κ1) is 35.3. The van der Waals surface area contributed by atoms with Crippen molar-refractivity contribution in [2.24, 2.45) is 5.73 Å². The lowest BCUT2D eigenvalue weighted by molar-refractivity contribution is -0.307. The summed E-state index contributed by atoms with van der Waals surface area (Å²) in [6.07, 6.45) is -3.59. The van der Waals surface area contributed by atoms with Gasteiger partial charge >= 0.3 is 0 Å². The minimum absolute atomic E-state index is 0.0112. The lowest BCUT2D eigenvalue weighted by atomic mass is 10.00. The zero-order valence-electron chi connectivity index (χ0n) is 25.8. The van der Waals surface area contributed by atoms with Gasteiger partial charge < -0.3 is 30.4 Å². The van der Waals surface area contributed by atoms with Crippen LogP contribution in [0.25, 0.3) is 22.4 Å². The van der Waals surface area contributed by atoms with Gasteiger partial charge in [0, 0.05) is 35.9 Å². The Kier molecular flexibility index (Phi) is 11.2. The number of hydrogen-bond acceptors (Lipinski definition) is 7. The van der Waals surface area contributed by atoms with Crippen LogP contribution in [-0.4, -0.2) is 47.3 Å². The molecular weight excluding hydrogens is 632 g/mol. The summed E-state index contributed by atoms with van der Waals surface area (Å²) in [5.74, 6) is -3.59. The minimum Gasteiger partial charge on any atom is -0.550 e. The zero-order valence-corrected chi connectivity index (χ0v) is 26.6. The van der Waals surface area contributed by atoms with E-state index in [1.165, 1.54) is 60.7 Å². The molecule has 1 amide bonds. The summed E-state index contributed by atoms with van der Waals surface area (Å²) < 4.78 is 61.5. The second kappa shape index (κ2) is 14.9. The van der Waals surface area contributed by atoms with E-state index in [0.29, 0.717) is 28.1 Å². The highest BCUT2D eigenvalue weighted by atomic mass is 32.2. The average molecular weight is 669 g/mol. The molecule has 47 heavy (non-hydrogen) atoms. The highest BCUT2D eigenvalue weighted by molar-refractivity contribution is 7.93. The Morgan fingerprint density at radius 2 is 1.53 bits per heavy atom. The van der Waals surface area contributed by atoms with Crippen molar-refractivity contribution in [2.75, 3.05) is 4.72 Å². The largest absolute Gasteiger partial charge is 0.550 e. The fourth-order valence-electron chi connectivity index (χ4n) is 5.62.